The second-order valence-electron chi connectivity index (χ2n) is 9.22. The van der Waals surface area contributed by atoms with Gasteiger partial charge in [0.25, 0.3) is 0 Å². The number of unbranched alkanes of at least 4 members (excludes halogenated alkanes) is 15. The summed E-state index contributed by atoms with van der Waals surface area (Å²) in [6, 6.07) is 0. The maximum atomic E-state index is 10.0. The second-order valence-corrected chi connectivity index (χ2v) is 9.22. The van der Waals surface area contributed by atoms with E-state index in [9.17, 15) is 5.11 Å². The maximum Gasteiger partial charge on any atom is 0.0773 e. The molecule has 0 radical (unpaired) electrons. The smallest absolute Gasteiger partial charge is 0.0773 e. The highest BCUT2D eigenvalue weighted by atomic mass is 16.5. The minimum atomic E-state index is -0.266. The van der Waals surface area contributed by atoms with E-state index in [0.717, 1.165) is 32.3 Å². The van der Waals surface area contributed by atoms with Gasteiger partial charge in [-0.2, -0.15) is 0 Å². The van der Waals surface area contributed by atoms with Crippen molar-refractivity contribution in [1.82, 2.24) is 0 Å². The first-order valence-corrected chi connectivity index (χ1v) is 13.9. The lowest BCUT2D eigenvalue weighted by atomic mass is 10.1. The van der Waals surface area contributed by atoms with Gasteiger partial charge < -0.3 is 9.84 Å². The van der Waals surface area contributed by atoms with E-state index < -0.39 is 0 Å². The Kier molecular flexibility index (Phi) is 26.9. The third kappa shape index (κ3) is 27.4. The molecule has 2 nitrogen and oxygen atoms in total. The lowest BCUT2D eigenvalue weighted by molar-refractivity contribution is 0.0297. The van der Waals surface area contributed by atoms with E-state index in [1.54, 1.807) is 0 Å². The number of aliphatic hydroxyl groups excluding tert-OH is 1. The molecule has 2 heteroatoms. The van der Waals surface area contributed by atoms with Crippen LogP contribution in [0.4, 0.5) is 0 Å². The first-order valence-electron chi connectivity index (χ1n) is 13.9. The fraction of sp³-hybridized carbons (Fsp3) is 0.862. The number of hydrogen-bond acceptors (Lipinski definition) is 2. The fourth-order valence-electron chi connectivity index (χ4n) is 3.83. The van der Waals surface area contributed by atoms with E-state index in [4.69, 9.17) is 4.74 Å². The molecule has 0 aliphatic rings. The van der Waals surface area contributed by atoms with Crippen molar-refractivity contribution in [2.24, 2.45) is 0 Å². The first-order chi connectivity index (χ1) is 15.3. The Labute approximate surface area is 195 Å². The third-order valence-electron chi connectivity index (χ3n) is 5.94. The Morgan fingerprint density at radius 2 is 1.06 bits per heavy atom. The van der Waals surface area contributed by atoms with Gasteiger partial charge in [-0.05, 0) is 44.9 Å². The summed E-state index contributed by atoms with van der Waals surface area (Å²) in [5, 5.41) is 10.0. The van der Waals surface area contributed by atoms with Crippen LogP contribution in [0.25, 0.3) is 0 Å². The summed E-state index contributed by atoms with van der Waals surface area (Å²) in [6.45, 7) is 5.85. The lowest BCUT2D eigenvalue weighted by Crippen LogP contribution is -2.15. The molecule has 1 atom stereocenters. The standard InChI is InChI=1S/C29H56O2/c1-3-5-7-9-11-12-13-14-15-16-17-18-19-20-21-22-24-26-29(30)28-31-27-25-23-10-8-6-4-2/h11-12,14-15,29-30H,3-10,13,16-28H2,1-2H3/t29-/m1/s1. The van der Waals surface area contributed by atoms with Crippen LogP contribution in [0.5, 0.6) is 0 Å². The van der Waals surface area contributed by atoms with Gasteiger partial charge in [0.05, 0.1) is 12.7 Å². The molecule has 184 valence electrons. The number of ether oxygens (including phenoxy) is 1. The summed E-state index contributed by atoms with van der Waals surface area (Å²) < 4.78 is 5.63. The van der Waals surface area contributed by atoms with E-state index in [1.807, 2.05) is 0 Å². The van der Waals surface area contributed by atoms with Crippen LogP contribution in [0.2, 0.25) is 0 Å². The molecule has 31 heavy (non-hydrogen) atoms. The number of rotatable bonds is 25. The lowest BCUT2D eigenvalue weighted by Gasteiger charge is -2.11. The number of hydrogen-bond donors (Lipinski definition) is 1. The van der Waals surface area contributed by atoms with Gasteiger partial charge in [0.2, 0.25) is 0 Å². The molecule has 1 N–H and O–H groups in total. The van der Waals surface area contributed by atoms with Gasteiger partial charge in [-0.25, -0.2) is 0 Å². The molecule has 0 rings (SSSR count). The third-order valence-corrected chi connectivity index (χ3v) is 5.94. The van der Waals surface area contributed by atoms with Gasteiger partial charge in [0.15, 0.2) is 0 Å². The van der Waals surface area contributed by atoms with E-state index in [2.05, 4.69) is 38.2 Å². The van der Waals surface area contributed by atoms with E-state index in [0.29, 0.717) is 6.61 Å². The molecule has 0 aromatic carbocycles. The molecule has 0 fully saturated rings. The molecule has 0 bridgehead atoms. The van der Waals surface area contributed by atoms with Crippen LogP contribution in [0.15, 0.2) is 24.3 Å². The van der Waals surface area contributed by atoms with Crippen molar-refractivity contribution in [3.8, 4) is 0 Å². The van der Waals surface area contributed by atoms with Gasteiger partial charge in [-0.15, -0.1) is 0 Å². The quantitative estimate of drug-likeness (QED) is 0.114. The predicted octanol–water partition coefficient (Wildman–Crippen LogP) is 9.32. The monoisotopic (exact) mass is 436 g/mol. The van der Waals surface area contributed by atoms with Crippen molar-refractivity contribution in [3.05, 3.63) is 24.3 Å². The molecule has 0 aliphatic carbocycles. The highest BCUT2D eigenvalue weighted by Gasteiger charge is 2.04. The van der Waals surface area contributed by atoms with Crippen molar-refractivity contribution < 1.29 is 9.84 Å². The molecular formula is C29H56O2. The number of aliphatic hydroxyl groups is 1. The zero-order chi connectivity index (χ0) is 22.7. The van der Waals surface area contributed by atoms with Gasteiger partial charge in [0.1, 0.15) is 0 Å². The van der Waals surface area contributed by atoms with Crippen molar-refractivity contribution in [1.29, 1.82) is 0 Å². The van der Waals surface area contributed by atoms with E-state index >= 15 is 0 Å². The van der Waals surface area contributed by atoms with Crippen LogP contribution in [-0.4, -0.2) is 24.4 Å². The average Bonchev–Trinajstić information content (AvgIpc) is 2.77. The highest BCUT2D eigenvalue weighted by molar-refractivity contribution is 4.92. The zero-order valence-electron chi connectivity index (χ0n) is 21.3. The van der Waals surface area contributed by atoms with Crippen LogP contribution in [-0.2, 0) is 4.74 Å². The molecule has 0 aliphatic heterocycles. The largest absolute Gasteiger partial charge is 0.391 e. The molecule has 0 saturated heterocycles. The number of allylic oxidation sites excluding steroid dienone is 4. The molecule has 0 spiro atoms. The van der Waals surface area contributed by atoms with E-state index in [1.165, 1.54) is 103 Å². The van der Waals surface area contributed by atoms with Crippen molar-refractivity contribution in [3.63, 3.8) is 0 Å². The minimum Gasteiger partial charge on any atom is -0.391 e. The van der Waals surface area contributed by atoms with Crippen molar-refractivity contribution in [2.75, 3.05) is 13.2 Å². The molecule has 0 heterocycles. The normalized spacial score (nSPS) is 13.0. The summed E-state index contributed by atoms with van der Waals surface area (Å²) in [6.07, 6.45) is 34.3. The summed E-state index contributed by atoms with van der Waals surface area (Å²) in [7, 11) is 0. The maximum absolute atomic E-state index is 10.0. The highest BCUT2D eigenvalue weighted by Crippen LogP contribution is 2.12. The Morgan fingerprint density at radius 1 is 0.581 bits per heavy atom. The van der Waals surface area contributed by atoms with Crippen molar-refractivity contribution in [2.45, 2.75) is 148 Å². The van der Waals surface area contributed by atoms with Gasteiger partial charge in [-0.1, -0.05) is 122 Å². The van der Waals surface area contributed by atoms with Crippen LogP contribution < -0.4 is 0 Å². The first kappa shape index (κ1) is 30.4. The zero-order valence-corrected chi connectivity index (χ0v) is 21.3. The second kappa shape index (κ2) is 27.4. The summed E-state index contributed by atoms with van der Waals surface area (Å²) in [4.78, 5) is 0. The Bertz CT molecular complexity index is 375. The van der Waals surface area contributed by atoms with Crippen LogP contribution in [0.3, 0.4) is 0 Å². The molecule has 0 amide bonds. The molecule has 0 saturated carbocycles. The SMILES string of the molecule is CCCCCC=CCC=CCCCCCCCCC[C@@H](O)COCCCCCCCC. The van der Waals surface area contributed by atoms with Crippen molar-refractivity contribution >= 4 is 0 Å². The predicted molar refractivity (Wildman–Crippen MR) is 139 cm³/mol. The average molecular weight is 437 g/mol. The topological polar surface area (TPSA) is 29.5 Å². The van der Waals surface area contributed by atoms with Crippen LogP contribution in [0, 0.1) is 0 Å². The molecule has 0 aromatic rings. The van der Waals surface area contributed by atoms with Gasteiger partial charge in [-0.3, -0.25) is 0 Å². The Balaban J connectivity index is 3.22. The summed E-state index contributed by atoms with van der Waals surface area (Å²) in [5.41, 5.74) is 0. The molecular weight excluding hydrogens is 380 g/mol. The Morgan fingerprint density at radius 3 is 1.71 bits per heavy atom. The summed E-state index contributed by atoms with van der Waals surface area (Å²) in [5.74, 6) is 0. The fourth-order valence-corrected chi connectivity index (χ4v) is 3.83. The van der Waals surface area contributed by atoms with Crippen LogP contribution in [0.1, 0.15) is 142 Å². The Hall–Kier alpha value is -0.600. The van der Waals surface area contributed by atoms with Gasteiger partial charge >= 0.3 is 0 Å². The summed E-state index contributed by atoms with van der Waals surface area (Å²) >= 11 is 0. The molecule has 0 unspecified atom stereocenters. The van der Waals surface area contributed by atoms with E-state index in [-0.39, 0.29) is 6.10 Å². The molecule has 0 aromatic heterocycles. The minimum absolute atomic E-state index is 0.266. The van der Waals surface area contributed by atoms with Crippen LogP contribution >= 0.6 is 0 Å². The van der Waals surface area contributed by atoms with Gasteiger partial charge in [0, 0.05) is 6.61 Å².